The van der Waals surface area contributed by atoms with Crippen molar-refractivity contribution in [1.82, 2.24) is 0 Å². The number of hydrogen-bond acceptors (Lipinski definition) is 5. The Kier molecular flexibility index (Phi) is 4.37. The van der Waals surface area contributed by atoms with Crippen molar-refractivity contribution in [2.24, 2.45) is 5.92 Å². The van der Waals surface area contributed by atoms with Crippen LogP contribution in [0.3, 0.4) is 0 Å². The zero-order chi connectivity index (χ0) is 19.6. The highest BCUT2D eigenvalue weighted by Crippen LogP contribution is 2.42. The molecule has 0 saturated carbocycles. The Morgan fingerprint density at radius 2 is 1.59 bits per heavy atom. The fraction of sp³-hybridized carbons (Fsp3) is 0.650. The fourth-order valence-electron chi connectivity index (χ4n) is 4.47. The number of fused-ring (bicyclic) bond motifs is 2. The maximum Gasteiger partial charge on any atom is 0.494 e. The number of rotatable bonds is 3. The third-order valence-corrected chi connectivity index (χ3v) is 9.62. The lowest BCUT2D eigenvalue weighted by atomic mass is 9.77. The Hall–Kier alpha value is -1.18. The Bertz CT molecular complexity index is 840. The first kappa shape index (κ1) is 19.2. The summed E-state index contributed by atoms with van der Waals surface area (Å²) in [5, 5.41) is -0.673. The van der Waals surface area contributed by atoms with Gasteiger partial charge in [0, 0.05) is 11.5 Å². The maximum atomic E-state index is 13.1. The molecule has 3 fully saturated rings. The van der Waals surface area contributed by atoms with Gasteiger partial charge in [-0.15, -0.1) is 0 Å². The van der Waals surface area contributed by atoms with Gasteiger partial charge in [-0.05, 0) is 58.8 Å². The molecule has 1 aromatic carbocycles. The zero-order valence-corrected chi connectivity index (χ0v) is 17.2. The van der Waals surface area contributed by atoms with E-state index in [0.717, 1.165) is 5.46 Å². The number of hydrogen-bond donors (Lipinski definition) is 0. The van der Waals surface area contributed by atoms with E-state index in [0.29, 0.717) is 31.2 Å². The number of carbonyl (C=O) groups is 1. The summed E-state index contributed by atoms with van der Waals surface area (Å²) < 4.78 is 36.7. The van der Waals surface area contributed by atoms with Gasteiger partial charge >= 0.3 is 7.12 Å². The molecule has 5 nitrogen and oxygen atoms in total. The van der Waals surface area contributed by atoms with Crippen LogP contribution in [0.4, 0.5) is 0 Å². The largest absolute Gasteiger partial charge is 0.494 e. The van der Waals surface area contributed by atoms with Crippen molar-refractivity contribution >= 4 is 28.2 Å². The summed E-state index contributed by atoms with van der Waals surface area (Å²) in [6.45, 7) is 8.00. The molecule has 0 aromatic heterocycles. The summed E-state index contributed by atoms with van der Waals surface area (Å²) in [5.74, 6) is -0.167. The summed E-state index contributed by atoms with van der Waals surface area (Å²) in [6.07, 6.45) is 2.31. The van der Waals surface area contributed by atoms with Gasteiger partial charge in [0.05, 0.1) is 21.7 Å². The van der Waals surface area contributed by atoms with Crippen molar-refractivity contribution in [2.75, 3.05) is 0 Å². The molecule has 3 aliphatic heterocycles. The van der Waals surface area contributed by atoms with Crippen LogP contribution in [0.1, 0.15) is 63.7 Å². The zero-order valence-electron chi connectivity index (χ0n) is 16.4. The van der Waals surface area contributed by atoms with E-state index in [1.54, 1.807) is 0 Å². The van der Waals surface area contributed by atoms with Crippen LogP contribution in [-0.4, -0.2) is 43.0 Å². The second-order valence-corrected chi connectivity index (χ2v) is 11.7. The van der Waals surface area contributed by atoms with Crippen molar-refractivity contribution < 1.29 is 22.5 Å². The van der Waals surface area contributed by atoms with Gasteiger partial charge in [-0.1, -0.05) is 24.3 Å². The van der Waals surface area contributed by atoms with Gasteiger partial charge in [-0.2, -0.15) is 0 Å². The molecule has 2 atom stereocenters. The van der Waals surface area contributed by atoms with Crippen LogP contribution in [0.15, 0.2) is 24.3 Å². The molecule has 0 amide bonds. The van der Waals surface area contributed by atoms with E-state index in [1.165, 1.54) is 0 Å². The molecule has 3 aliphatic rings. The highest BCUT2D eigenvalue weighted by molar-refractivity contribution is 7.93. The second-order valence-electron chi connectivity index (χ2n) is 9.16. The summed E-state index contributed by atoms with van der Waals surface area (Å²) in [5.41, 5.74) is 0.570. The Labute approximate surface area is 161 Å². The molecule has 0 radical (unpaired) electrons. The van der Waals surface area contributed by atoms with Gasteiger partial charge in [-0.3, -0.25) is 4.79 Å². The Balaban J connectivity index is 1.55. The number of carbonyl (C=O) groups excluding carboxylic acids is 1. The van der Waals surface area contributed by atoms with Crippen molar-refractivity contribution in [3.05, 3.63) is 29.8 Å². The van der Waals surface area contributed by atoms with Gasteiger partial charge in [0.2, 0.25) is 0 Å². The summed E-state index contributed by atoms with van der Waals surface area (Å²) in [4.78, 5) is 13.1. The van der Waals surface area contributed by atoms with E-state index < -0.39 is 28.2 Å². The molecule has 0 spiro atoms. The minimum atomic E-state index is -3.02. The molecule has 27 heavy (non-hydrogen) atoms. The van der Waals surface area contributed by atoms with Crippen LogP contribution >= 0.6 is 0 Å². The summed E-state index contributed by atoms with van der Waals surface area (Å²) in [6, 6.07) is 7.41. The van der Waals surface area contributed by atoms with E-state index in [-0.39, 0.29) is 22.2 Å². The van der Waals surface area contributed by atoms with Gasteiger partial charge < -0.3 is 9.31 Å². The van der Waals surface area contributed by atoms with Crippen molar-refractivity contribution in [2.45, 2.75) is 75.1 Å². The number of ketones is 1. The Morgan fingerprint density at radius 3 is 2.15 bits per heavy atom. The van der Waals surface area contributed by atoms with E-state index in [9.17, 15) is 13.2 Å². The van der Waals surface area contributed by atoms with Gasteiger partial charge in [0.25, 0.3) is 0 Å². The maximum absolute atomic E-state index is 13.1. The minimum Gasteiger partial charge on any atom is -0.399 e. The van der Waals surface area contributed by atoms with Crippen molar-refractivity contribution in [3.8, 4) is 0 Å². The van der Waals surface area contributed by atoms with E-state index >= 15 is 0 Å². The van der Waals surface area contributed by atoms with Crippen LogP contribution in [0.5, 0.6) is 0 Å². The van der Waals surface area contributed by atoms with Gasteiger partial charge in [0.15, 0.2) is 15.6 Å². The first-order valence-corrected chi connectivity index (χ1v) is 11.3. The molecule has 4 rings (SSSR count). The summed E-state index contributed by atoms with van der Waals surface area (Å²) >= 11 is 0. The number of Topliss-reactive ketones (excluding diaryl/α,β-unsaturated/α-hetero) is 1. The van der Waals surface area contributed by atoms with Crippen LogP contribution in [0.25, 0.3) is 0 Å². The predicted octanol–water partition coefficient (Wildman–Crippen LogP) is 2.52. The van der Waals surface area contributed by atoms with Crippen LogP contribution in [0, 0.1) is 5.92 Å². The van der Waals surface area contributed by atoms with Crippen LogP contribution in [-0.2, 0) is 19.1 Å². The molecular formula is C20H27BO5S. The highest BCUT2D eigenvalue weighted by Gasteiger charge is 2.52. The van der Waals surface area contributed by atoms with Crippen molar-refractivity contribution in [3.63, 3.8) is 0 Å². The average Bonchev–Trinajstić information content (AvgIpc) is 2.89. The van der Waals surface area contributed by atoms with Gasteiger partial charge in [0.1, 0.15) is 0 Å². The molecule has 3 saturated heterocycles. The van der Waals surface area contributed by atoms with Crippen LogP contribution < -0.4 is 5.46 Å². The molecule has 2 bridgehead atoms. The minimum absolute atomic E-state index is 0.0418. The molecule has 3 heterocycles. The molecule has 7 heteroatoms. The first-order chi connectivity index (χ1) is 12.5. The standard InChI is InChI=1S/C20H27BO5S/c1-19(2)20(3,4)26-21(25-19)15-7-5-6-13(10-15)18(22)14-11-16-8-9-17(12-14)27(16,23)24/h5-7,10,14,16-17H,8-9,11-12H2,1-4H3. The average molecular weight is 390 g/mol. The van der Waals surface area contributed by atoms with Gasteiger partial charge in [-0.25, -0.2) is 8.42 Å². The topological polar surface area (TPSA) is 69.7 Å². The molecule has 1 aromatic rings. The number of sulfone groups is 1. The Morgan fingerprint density at radius 1 is 1.04 bits per heavy atom. The molecule has 146 valence electrons. The monoisotopic (exact) mass is 390 g/mol. The lowest BCUT2D eigenvalue weighted by Gasteiger charge is -2.32. The van der Waals surface area contributed by atoms with E-state index in [2.05, 4.69) is 0 Å². The summed E-state index contributed by atoms with van der Waals surface area (Å²) in [7, 11) is -3.53. The lowest BCUT2D eigenvalue weighted by molar-refractivity contribution is 0.00578. The lowest BCUT2D eigenvalue weighted by Crippen LogP contribution is -2.41. The SMILES string of the molecule is CC1(C)OB(c2cccc(C(=O)C3CC4CCC(C3)S4(=O)=O)c2)OC1(C)C. The number of benzene rings is 1. The third kappa shape index (κ3) is 3.08. The second kappa shape index (κ2) is 6.16. The molecule has 0 N–H and O–H groups in total. The molecule has 0 aliphatic carbocycles. The molecular weight excluding hydrogens is 363 g/mol. The third-order valence-electron chi connectivity index (χ3n) is 6.90. The predicted molar refractivity (Wildman–Crippen MR) is 105 cm³/mol. The first-order valence-electron chi connectivity index (χ1n) is 9.74. The quantitative estimate of drug-likeness (QED) is 0.586. The smallest absolute Gasteiger partial charge is 0.399 e. The van der Waals surface area contributed by atoms with E-state index in [4.69, 9.17) is 9.31 Å². The molecule has 2 unspecified atom stereocenters. The van der Waals surface area contributed by atoms with Crippen molar-refractivity contribution in [1.29, 1.82) is 0 Å². The highest BCUT2D eigenvalue weighted by atomic mass is 32.2. The van der Waals surface area contributed by atoms with E-state index in [1.807, 2.05) is 52.0 Å². The van der Waals surface area contributed by atoms with Crippen LogP contribution in [0.2, 0.25) is 0 Å². The fourth-order valence-corrected chi connectivity index (χ4v) is 6.95. The normalized spacial score (nSPS) is 33.2.